The molecule has 2 saturated heterocycles. The van der Waals surface area contributed by atoms with Gasteiger partial charge in [-0.1, -0.05) is 6.92 Å². The van der Waals surface area contributed by atoms with E-state index in [1.165, 1.54) is 11.5 Å². The summed E-state index contributed by atoms with van der Waals surface area (Å²) in [7, 11) is 1.89. The van der Waals surface area contributed by atoms with Crippen molar-refractivity contribution in [1.82, 2.24) is 10.2 Å². The molecule has 0 radical (unpaired) electrons. The van der Waals surface area contributed by atoms with Crippen molar-refractivity contribution >= 4 is 17.7 Å². The second-order valence-corrected chi connectivity index (χ2v) is 5.54. The number of amides is 1. The van der Waals surface area contributed by atoms with Crippen molar-refractivity contribution in [2.24, 2.45) is 5.92 Å². The minimum Gasteiger partial charge on any atom is -0.344 e. The Bertz CT molecular complexity index is 234. The van der Waals surface area contributed by atoms with E-state index >= 15 is 0 Å². The number of hydrogen-bond donors (Lipinski definition) is 1. The van der Waals surface area contributed by atoms with Crippen LogP contribution in [0.25, 0.3) is 0 Å². The summed E-state index contributed by atoms with van der Waals surface area (Å²) in [5.41, 5.74) is 0. The average molecular weight is 214 g/mol. The normalized spacial score (nSPS) is 38.3. The summed E-state index contributed by atoms with van der Waals surface area (Å²) < 4.78 is 0. The Morgan fingerprint density at radius 3 is 2.79 bits per heavy atom. The van der Waals surface area contributed by atoms with Crippen LogP contribution in [0, 0.1) is 5.92 Å². The molecule has 1 amide bonds. The average Bonchev–Trinajstić information content (AvgIpc) is 2.63. The van der Waals surface area contributed by atoms with E-state index in [-0.39, 0.29) is 5.91 Å². The highest BCUT2D eigenvalue weighted by atomic mass is 32.2. The molecule has 2 aliphatic heterocycles. The van der Waals surface area contributed by atoms with E-state index in [0.717, 1.165) is 12.5 Å². The lowest BCUT2D eigenvalue weighted by Crippen LogP contribution is -2.42. The lowest BCUT2D eigenvalue weighted by atomic mass is 10.1. The maximum atomic E-state index is 11.3. The monoisotopic (exact) mass is 214 g/mol. The second-order valence-electron chi connectivity index (χ2n) is 4.46. The van der Waals surface area contributed by atoms with Gasteiger partial charge in [-0.3, -0.25) is 4.79 Å². The van der Waals surface area contributed by atoms with Crippen LogP contribution in [-0.2, 0) is 4.79 Å². The van der Waals surface area contributed by atoms with E-state index in [4.69, 9.17) is 0 Å². The number of carbonyl (C=O) groups excluding carboxylic acids is 1. The summed E-state index contributed by atoms with van der Waals surface area (Å²) in [6.45, 7) is 3.17. The molecule has 2 rings (SSSR count). The Labute approximate surface area is 89.6 Å². The predicted molar refractivity (Wildman–Crippen MR) is 59.5 cm³/mol. The van der Waals surface area contributed by atoms with E-state index in [0.29, 0.717) is 18.5 Å². The van der Waals surface area contributed by atoms with Gasteiger partial charge in [-0.25, -0.2) is 0 Å². The molecule has 0 spiro atoms. The summed E-state index contributed by atoms with van der Waals surface area (Å²) in [5.74, 6) is 3.49. The van der Waals surface area contributed by atoms with Gasteiger partial charge in [-0.05, 0) is 11.7 Å². The molecule has 2 heterocycles. The minimum absolute atomic E-state index is 0.279. The molecular formula is C10H18N2OS. The molecule has 3 atom stereocenters. The third-order valence-electron chi connectivity index (χ3n) is 3.16. The van der Waals surface area contributed by atoms with Gasteiger partial charge >= 0.3 is 0 Å². The van der Waals surface area contributed by atoms with Crippen LogP contribution < -0.4 is 5.32 Å². The number of carbonyl (C=O) groups is 1. The van der Waals surface area contributed by atoms with Crippen molar-refractivity contribution in [1.29, 1.82) is 0 Å². The lowest BCUT2D eigenvalue weighted by Gasteiger charge is -2.21. The second kappa shape index (κ2) is 4.11. The number of rotatable bonds is 2. The van der Waals surface area contributed by atoms with E-state index in [2.05, 4.69) is 12.2 Å². The Morgan fingerprint density at radius 1 is 1.50 bits per heavy atom. The van der Waals surface area contributed by atoms with E-state index < -0.39 is 0 Å². The first-order valence-corrected chi connectivity index (χ1v) is 6.40. The molecule has 2 fully saturated rings. The maximum Gasteiger partial charge on any atom is 0.224 e. The molecule has 0 aromatic heterocycles. The van der Waals surface area contributed by atoms with Crippen molar-refractivity contribution in [3.63, 3.8) is 0 Å². The van der Waals surface area contributed by atoms with Crippen LogP contribution in [0.3, 0.4) is 0 Å². The smallest absolute Gasteiger partial charge is 0.224 e. The van der Waals surface area contributed by atoms with Gasteiger partial charge in [-0.15, -0.1) is 0 Å². The third kappa shape index (κ3) is 2.06. The lowest BCUT2D eigenvalue weighted by molar-refractivity contribution is -0.126. The van der Waals surface area contributed by atoms with Gasteiger partial charge < -0.3 is 10.2 Å². The fourth-order valence-electron chi connectivity index (χ4n) is 2.15. The number of nitrogens with zero attached hydrogens (tertiary/aromatic N) is 1. The Kier molecular flexibility index (Phi) is 3.02. The first-order chi connectivity index (χ1) is 6.66. The molecule has 3 unspecified atom stereocenters. The van der Waals surface area contributed by atoms with Crippen LogP contribution in [0.4, 0.5) is 0 Å². The van der Waals surface area contributed by atoms with Gasteiger partial charge in [-0.2, -0.15) is 11.8 Å². The Balaban J connectivity index is 1.83. The third-order valence-corrected chi connectivity index (χ3v) is 4.51. The topological polar surface area (TPSA) is 32.3 Å². The molecule has 4 heteroatoms. The zero-order chi connectivity index (χ0) is 10.1. The SMILES string of the molecule is CC1CSCC1NC1CC(=O)N(C)C1. The molecule has 0 saturated carbocycles. The largest absolute Gasteiger partial charge is 0.344 e. The van der Waals surface area contributed by atoms with Crippen LogP contribution in [0.15, 0.2) is 0 Å². The van der Waals surface area contributed by atoms with Crippen molar-refractivity contribution < 1.29 is 4.79 Å². The molecule has 2 aliphatic rings. The molecule has 0 aromatic carbocycles. The van der Waals surface area contributed by atoms with Crippen LogP contribution in [0.1, 0.15) is 13.3 Å². The van der Waals surface area contributed by atoms with Gasteiger partial charge in [0.25, 0.3) is 0 Å². The fourth-order valence-corrected chi connectivity index (χ4v) is 3.57. The molecular weight excluding hydrogens is 196 g/mol. The van der Waals surface area contributed by atoms with Gasteiger partial charge in [0, 0.05) is 37.8 Å². The Morgan fingerprint density at radius 2 is 2.29 bits per heavy atom. The molecule has 0 aliphatic carbocycles. The highest BCUT2D eigenvalue weighted by Crippen LogP contribution is 2.24. The molecule has 80 valence electrons. The molecule has 14 heavy (non-hydrogen) atoms. The van der Waals surface area contributed by atoms with Gasteiger partial charge in [0.05, 0.1) is 0 Å². The number of likely N-dealkylation sites (tertiary alicyclic amines) is 1. The predicted octanol–water partition coefficient (Wildman–Crippen LogP) is 0.558. The Hall–Kier alpha value is -0.220. The quantitative estimate of drug-likeness (QED) is 0.729. The molecule has 0 bridgehead atoms. The molecule has 3 nitrogen and oxygen atoms in total. The number of thioether (sulfide) groups is 1. The summed E-state index contributed by atoms with van der Waals surface area (Å²) in [4.78, 5) is 13.1. The van der Waals surface area contributed by atoms with Crippen LogP contribution in [0.5, 0.6) is 0 Å². The summed E-state index contributed by atoms with van der Waals surface area (Å²) >= 11 is 2.01. The zero-order valence-corrected chi connectivity index (χ0v) is 9.64. The van der Waals surface area contributed by atoms with Gasteiger partial charge in [0.2, 0.25) is 5.91 Å². The number of nitrogens with one attached hydrogen (secondary N) is 1. The van der Waals surface area contributed by atoms with Crippen LogP contribution in [0.2, 0.25) is 0 Å². The molecule has 1 N–H and O–H groups in total. The summed E-state index contributed by atoms with van der Waals surface area (Å²) in [6.07, 6.45) is 0.685. The van der Waals surface area contributed by atoms with Gasteiger partial charge in [0.1, 0.15) is 0 Å². The van der Waals surface area contributed by atoms with Crippen molar-refractivity contribution in [3.05, 3.63) is 0 Å². The number of likely N-dealkylation sites (N-methyl/N-ethyl adjacent to an activating group) is 1. The highest BCUT2D eigenvalue weighted by Gasteiger charge is 2.31. The van der Waals surface area contributed by atoms with Crippen molar-refractivity contribution in [2.45, 2.75) is 25.4 Å². The van der Waals surface area contributed by atoms with E-state index in [1.54, 1.807) is 0 Å². The van der Waals surface area contributed by atoms with Crippen molar-refractivity contribution in [2.75, 3.05) is 25.1 Å². The maximum absolute atomic E-state index is 11.3. The zero-order valence-electron chi connectivity index (χ0n) is 8.82. The van der Waals surface area contributed by atoms with E-state index in [9.17, 15) is 4.79 Å². The van der Waals surface area contributed by atoms with Gasteiger partial charge in [0.15, 0.2) is 0 Å². The summed E-state index contributed by atoms with van der Waals surface area (Å²) in [5, 5.41) is 3.61. The molecule has 0 aromatic rings. The van der Waals surface area contributed by atoms with Crippen LogP contribution in [-0.4, -0.2) is 48.0 Å². The highest BCUT2D eigenvalue weighted by molar-refractivity contribution is 7.99. The minimum atomic E-state index is 0.279. The first-order valence-electron chi connectivity index (χ1n) is 5.24. The van der Waals surface area contributed by atoms with Crippen molar-refractivity contribution in [3.8, 4) is 0 Å². The van der Waals surface area contributed by atoms with E-state index in [1.807, 2.05) is 23.7 Å². The first kappa shape index (κ1) is 10.3. The van der Waals surface area contributed by atoms with Crippen LogP contribution >= 0.6 is 11.8 Å². The fraction of sp³-hybridized carbons (Fsp3) is 0.900. The summed E-state index contributed by atoms with van der Waals surface area (Å²) in [6, 6.07) is 1.00. The number of hydrogen-bond acceptors (Lipinski definition) is 3. The standard InChI is InChI=1S/C10H18N2OS/c1-7-5-14-6-9(7)11-8-3-10(13)12(2)4-8/h7-9,11H,3-6H2,1-2H3.